The van der Waals surface area contributed by atoms with Crippen molar-refractivity contribution in [3.63, 3.8) is 0 Å². The van der Waals surface area contributed by atoms with Crippen LogP contribution >= 0.6 is 0 Å². The van der Waals surface area contributed by atoms with Crippen LogP contribution in [0.15, 0.2) is 88.1 Å². The van der Waals surface area contributed by atoms with Gasteiger partial charge in [-0.15, -0.1) is 0 Å². The Kier molecular flexibility index (Phi) is 4.64. The number of ether oxygens (including phenoxy) is 2. The van der Waals surface area contributed by atoms with Crippen molar-refractivity contribution in [2.24, 2.45) is 0 Å². The number of esters is 1. The molecular weight excluding hydrogens is 356 g/mol. The van der Waals surface area contributed by atoms with Gasteiger partial charge in [-0.25, -0.2) is 4.79 Å². The number of carbonyl (C=O) groups is 1. The first-order chi connectivity index (χ1) is 13.6. The van der Waals surface area contributed by atoms with E-state index in [2.05, 4.69) is 0 Å². The third-order valence-corrected chi connectivity index (χ3v) is 4.29. The molecule has 0 unspecified atom stereocenters. The van der Waals surface area contributed by atoms with Crippen molar-refractivity contribution < 1.29 is 18.7 Å². The second-order valence-corrected chi connectivity index (χ2v) is 6.12. The van der Waals surface area contributed by atoms with E-state index in [1.165, 1.54) is 12.1 Å². The fourth-order valence-electron chi connectivity index (χ4n) is 2.84. The molecule has 0 bridgehead atoms. The van der Waals surface area contributed by atoms with Gasteiger partial charge in [-0.3, -0.25) is 4.79 Å². The first-order valence-electron chi connectivity index (χ1n) is 8.63. The van der Waals surface area contributed by atoms with E-state index >= 15 is 0 Å². The van der Waals surface area contributed by atoms with Gasteiger partial charge >= 0.3 is 5.97 Å². The molecule has 1 aromatic heterocycles. The minimum absolute atomic E-state index is 0.206. The molecule has 3 aromatic carbocycles. The second-order valence-electron chi connectivity index (χ2n) is 6.12. The van der Waals surface area contributed by atoms with Crippen LogP contribution in [0.1, 0.15) is 10.4 Å². The Hall–Kier alpha value is -3.86. The highest BCUT2D eigenvalue weighted by Crippen LogP contribution is 2.25. The third-order valence-electron chi connectivity index (χ3n) is 4.29. The number of benzene rings is 3. The molecule has 0 fully saturated rings. The average molecular weight is 372 g/mol. The maximum Gasteiger partial charge on any atom is 0.343 e. The van der Waals surface area contributed by atoms with Gasteiger partial charge in [-0.05, 0) is 42.5 Å². The van der Waals surface area contributed by atoms with Gasteiger partial charge in [0, 0.05) is 11.6 Å². The Bertz CT molecular complexity index is 1190. The molecule has 0 saturated carbocycles. The summed E-state index contributed by atoms with van der Waals surface area (Å²) in [5.74, 6) is 0.885. The van der Waals surface area contributed by atoms with Gasteiger partial charge in [0.1, 0.15) is 22.8 Å². The Balaban J connectivity index is 1.63. The Morgan fingerprint density at radius 3 is 2.29 bits per heavy atom. The Morgan fingerprint density at radius 2 is 1.57 bits per heavy atom. The van der Waals surface area contributed by atoms with Gasteiger partial charge in [-0.1, -0.05) is 30.3 Å². The predicted octanol–water partition coefficient (Wildman–Crippen LogP) is 4.69. The molecule has 0 aliphatic carbocycles. The lowest BCUT2D eigenvalue weighted by atomic mass is 10.1. The molecule has 0 aliphatic heterocycles. The summed E-state index contributed by atoms with van der Waals surface area (Å²) in [5.41, 5.74) is 1.42. The maximum atomic E-state index is 12.5. The lowest BCUT2D eigenvalue weighted by molar-refractivity contribution is 0.0735. The highest BCUT2D eigenvalue weighted by molar-refractivity contribution is 5.92. The van der Waals surface area contributed by atoms with Crippen molar-refractivity contribution in [1.82, 2.24) is 0 Å². The van der Waals surface area contributed by atoms with Crippen LogP contribution < -0.4 is 14.9 Å². The largest absolute Gasteiger partial charge is 0.497 e. The number of carbonyl (C=O) groups excluding carboxylic acids is 1. The Morgan fingerprint density at radius 1 is 0.857 bits per heavy atom. The van der Waals surface area contributed by atoms with E-state index in [1.54, 1.807) is 43.5 Å². The van der Waals surface area contributed by atoms with Crippen molar-refractivity contribution in [2.45, 2.75) is 0 Å². The summed E-state index contributed by atoms with van der Waals surface area (Å²) in [4.78, 5) is 24.8. The van der Waals surface area contributed by atoms with Gasteiger partial charge in [0.15, 0.2) is 5.43 Å². The van der Waals surface area contributed by atoms with E-state index in [4.69, 9.17) is 13.9 Å². The molecule has 0 saturated heterocycles. The van der Waals surface area contributed by atoms with E-state index in [0.29, 0.717) is 28.0 Å². The molecule has 28 heavy (non-hydrogen) atoms. The van der Waals surface area contributed by atoms with Crippen LogP contribution in [-0.4, -0.2) is 13.1 Å². The summed E-state index contributed by atoms with van der Waals surface area (Å²) >= 11 is 0. The molecular formula is C23H16O5. The van der Waals surface area contributed by atoms with Crippen LogP contribution in [0, 0.1) is 0 Å². The number of hydrogen-bond acceptors (Lipinski definition) is 5. The number of hydrogen-bond donors (Lipinski definition) is 0. The first-order valence-corrected chi connectivity index (χ1v) is 8.63. The first kappa shape index (κ1) is 17.5. The van der Waals surface area contributed by atoms with E-state index < -0.39 is 5.97 Å². The molecule has 0 atom stereocenters. The van der Waals surface area contributed by atoms with Crippen LogP contribution in [0.25, 0.3) is 22.3 Å². The zero-order chi connectivity index (χ0) is 19.5. The van der Waals surface area contributed by atoms with Crippen LogP contribution in [-0.2, 0) is 0 Å². The molecule has 138 valence electrons. The summed E-state index contributed by atoms with van der Waals surface area (Å²) in [5, 5.41) is 0.347. The smallest absolute Gasteiger partial charge is 0.343 e. The minimum Gasteiger partial charge on any atom is -0.497 e. The van der Waals surface area contributed by atoms with Crippen LogP contribution in [0.4, 0.5) is 0 Å². The molecule has 0 spiro atoms. The van der Waals surface area contributed by atoms with E-state index in [-0.39, 0.29) is 11.2 Å². The van der Waals surface area contributed by atoms with Gasteiger partial charge in [0.25, 0.3) is 0 Å². The average Bonchev–Trinajstić information content (AvgIpc) is 2.74. The molecule has 1 heterocycles. The number of rotatable bonds is 4. The summed E-state index contributed by atoms with van der Waals surface area (Å²) in [7, 11) is 1.55. The summed E-state index contributed by atoms with van der Waals surface area (Å²) in [6, 6.07) is 22.1. The molecule has 0 amide bonds. The van der Waals surface area contributed by atoms with E-state index in [0.717, 1.165) is 5.56 Å². The normalized spacial score (nSPS) is 10.6. The zero-order valence-corrected chi connectivity index (χ0v) is 15.0. The second kappa shape index (κ2) is 7.40. The van der Waals surface area contributed by atoms with E-state index in [9.17, 15) is 9.59 Å². The molecule has 5 heteroatoms. The fraction of sp³-hybridized carbons (Fsp3) is 0.0435. The van der Waals surface area contributed by atoms with Crippen molar-refractivity contribution in [1.29, 1.82) is 0 Å². The summed E-state index contributed by atoms with van der Waals surface area (Å²) in [6.45, 7) is 0. The highest BCUT2D eigenvalue weighted by Gasteiger charge is 2.12. The van der Waals surface area contributed by atoms with Crippen molar-refractivity contribution in [3.8, 4) is 22.8 Å². The Labute approximate surface area is 160 Å². The van der Waals surface area contributed by atoms with E-state index in [1.807, 2.05) is 30.3 Å². The van der Waals surface area contributed by atoms with Crippen molar-refractivity contribution >= 4 is 16.9 Å². The standard InChI is InChI=1S/C23H16O5/c1-26-17-9-7-16(8-10-17)23(25)27-18-11-12-21-19(13-18)20(24)14-22(28-21)15-5-3-2-4-6-15/h2-14H,1H3. The molecule has 0 aliphatic rings. The maximum absolute atomic E-state index is 12.5. The molecule has 4 aromatic rings. The zero-order valence-electron chi connectivity index (χ0n) is 15.0. The molecule has 4 rings (SSSR count). The number of fused-ring (bicyclic) bond motifs is 1. The fourth-order valence-corrected chi connectivity index (χ4v) is 2.84. The van der Waals surface area contributed by atoms with Crippen LogP contribution in [0.5, 0.6) is 11.5 Å². The third kappa shape index (κ3) is 3.50. The minimum atomic E-state index is -0.521. The van der Waals surface area contributed by atoms with Crippen LogP contribution in [0.3, 0.4) is 0 Å². The van der Waals surface area contributed by atoms with Gasteiger partial charge in [-0.2, -0.15) is 0 Å². The monoisotopic (exact) mass is 372 g/mol. The summed E-state index contributed by atoms with van der Waals surface area (Å²) in [6.07, 6.45) is 0. The molecule has 0 N–H and O–H groups in total. The van der Waals surface area contributed by atoms with Gasteiger partial charge in [0.05, 0.1) is 18.1 Å². The van der Waals surface area contributed by atoms with Gasteiger partial charge in [0.2, 0.25) is 0 Å². The van der Waals surface area contributed by atoms with Gasteiger partial charge < -0.3 is 13.9 Å². The highest BCUT2D eigenvalue weighted by atomic mass is 16.5. The number of methoxy groups -OCH3 is 1. The SMILES string of the molecule is COc1ccc(C(=O)Oc2ccc3oc(-c4ccccc4)cc(=O)c3c2)cc1. The predicted molar refractivity (Wildman–Crippen MR) is 106 cm³/mol. The molecule has 0 radical (unpaired) electrons. The van der Waals surface area contributed by atoms with Crippen molar-refractivity contribution in [3.05, 3.63) is 94.6 Å². The quantitative estimate of drug-likeness (QED) is 0.384. The lowest BCUT2D eigenvalue weighted by Crippen LogP contribution is -2.09. The topological polar surface area (TPSA) is 65.7 Å². The molecule has 5 nitrogen and oxygen atoms in total. The summed E-state index contributed by atoms with van der Waals surface area (Å²) < 4.78 is 16.3. The van der Waals surface area contributed by atoms with Crippen molar-refractivity contribution in [2.75, 3.05) is 7.11 Å². The lowest BCUT2D eigenvalue weighted by Gasteiger charge is -2.07. The van der Waals surface area contributed by atoms with Crippen LogP contribution in [0.2, 0.25) is 0 Å².